The minimum Gasteiger partial charge on any atom is -0.480 e. The highest BCUT2D eigenvalue weighted by atomic mass is 16.4. The Kier molecular flexibility index (Phi) is 23.2. The van der Waals surface area contributed by atoms with Crippen molar-refractivity contribution in [2.24, 2.45) is 0 Å². The molecule has 0 radical (unpaired) electrons. The highest BCUT2D eigenvalue weighted by Crippen LogP contribution is 2.12. The highest BCUT2D eigenvalue weighted by Gasteiger charge is 2.09. The van der Waals surface area contributed by atoms with Crippen molar-refractivity contribution >= 4 is 5.97 Å². The van der Waals surface area contributed by atoms with Gasteiger partial charge in [-0.3, -0.25) is 9.69 Å². The van der Waals surface area contributed by atoms with Crippen LogP contribution in [0.1, 0.15) is 142 Å². The van der Waals surface area contributed by atoms with E-state index < -0.39 is 5.97 Å². The van der Waals surface area contributed by atoms with Gasteiger partial charge in [0.1, 0.15) is 0 Å². The van der Waals surface area contributed by atoms with E-state index in [1.54, 1.807) is 0 Å². The molecule has 0 unspecified atom stereocenters. The fourth-order valence-electron chi connectivity index (χ4n) is 4.11. The molecular formula is C26H53NO2. The molecule has 0 atom stereocenters. The smallest absolute Gasteiger partial charge is 0.317 e. The van der Waals surface area contributed by atoms with Crippen molar-refractivity contribution in [1.82, 2.24) is 4.90 Å². The predicted octanol–water partition coefficient (Wildman–Crippen LogP) is 8.21. The van der Waals surface area contributed by atoms with Gasteiger partial charge in [0.25, 0.3) is 0 Å². The second kappa shape index (κ2) is 23.7. The summed E-state index contributed by atoms with van der Waals surface area (Å²) in [6.45, 7) is 6.67. The minimum atomic E-state index is -0.677. The van der Waals surface area contributed by atoms with Crippen LogP contribution < -0.4 is 0 Å². The van der Waals surface area contributed by atoms with Gasteiger partial charge in [0, 0.05) is 0 Å². The molecule has 174 valence electrons. The molecule has 29 heavy (non-hydrogen) atoms. The monoisotopic (exact) mass is 411 g/mol. The van der Waals surface area contributed by atoms with Crippen LogP contribution in [0.2, 0.25) is 0 Å². The Labute approximate surface area is 183 Å². The Morgan fingerprint density at radius 2 is 0.793 bits per heavy atom. The molecule has 0 saturated carbocycles. The molecule has 0 aliphatic heterocycles. The summed E-state index contributed by atoms with van der Waals surface area (Å²) >= 11 is 0. The van der Waals surface area contributed by atoms with Crippen molar-refractivity contribution < 1.29 is 9.90 Å². The first-order chi connectivity index (χ1) is 14.2. The van der Waals surface area contributed by atoms with Gasteiger partial charge >= 0.3 is 5.97 Å². The molecular weight excluding hydrogens is 358 g/mol. The van der Waals surface area contributed by atoms with Crippen LogP contribution >= 0.6 is 0 Å². The molecule has 0 bridgehead atoms. The number of hydrogen-bond acceptors (Lipinski definition) is 2. The molecule has 0 amide bonds. The zero-order valence-corrected chi connectivity index (χ0v) is 20.1. The number of rotatable bonds is 24. The highest BCUT2D eigenvalue weighted by molar-refractivity contribution is 5.69. The first-order valence-electron chi connectivity index (χ1n) is 13.1. The standard InChI is InChI=1S/C26H53NO2/c1-3-5-7-9-11-13-15-17-19-21-23-27(25-26(28)29)24-22-20-18-16-14-12-10-8-6-4-2/h3-25H2,1-2H3,(H,28,29). The lowest BCUT2D eigenvalue weighted by Gasteiger charge is -2.20. The van der Waals surface area contributed by atoms with E-state index in [0.717, 1.165) is 25.9 Å². The molecule has 3 nitrogen and oxygen atoms in total. The van der Waals surface area contributed by atoms with Crippen LogP contribution in [-0.2, 0) is 4.79 Å². The van der Waals surface area contributed by atoms with Gasteiger partial charge in [0.05, 0.1) is 6.54 Å². The van der Waals surface area contributed by atoms with Gasteiger partial charge in [-0.2, -0.15) is 0 Å². The van der Waals surface area contributed by atoms with Gasteiger partial charge in [-0.05, 0) is 25.9 Å². The summed E-state index contributed by atoms with van der Waals surface area (Å²) in [5.74, 6) is -0.677. The summed E-state index contributed by atoms with van der Waals surface area (Å²) in [6, 6.07) is 0. The number of carboxylic acid groups (broad SMARTS) is 1. The minimum absolute atomic E-state index is 0.217. The molecule has 0 aromatic rings. The molecule has 0 heterocycles. The number of nitrogens with zero attached hydrogens (tertiary/aromatic N) is 1. The number of carbonyl (C=O) groups is 1. The first-order valence-corrected chi connectivity index (χ1v) is 13.1. The molecule has 0 spiro atoms. The predicted molar refractivity (Wildman–Crippen MR) is 128 cm³/mol. The number of hydrogen-bond donors (Lipinski definition) is 1. The normalized spacial score (nSPS) is 11.4. The van der Waals surface area contributed by atoms with Crippen LogP contribution in [0.3, 0.4) is 0 Å². The average Bonchev–Trinajstić information content (AvgIpc) is 2.70. The maximum atomic E-state index is 11.1. The van der Waals surface area contributed by atoms with Crippen molar-refractivity contribution in [3.05, 3.63) is 0 Å². The van der Waals surface area contributed by atoms with Gasteiger partial charge in [0.2, 0.25) is 0 Å². The molecule has 0 aromatic carbocycles. The van der Waals surface area contributed by atoms with E-state index in [0.29, 0.717) is 0 Å². The zero-order valence-electron chi connectivity index (χ0n) is 20.1. The van der Waals surface area contributed by atoms with E-state index in [2.05, 4.69) is 18.7 Å². The Morgan fingerprint density at radius 1 is 0.517 bits per heavy atom. The van der Waals surface area contributed by atoms with Crippen LogP contribution in [0.15, 0.2) is 0 Å². The van der Waals surface area contributed by atoms with Crippen LogP contribution in [0.5, 0.6) is 0 Å². The van der Waals surface area contributed by atoms with Crippen molar-refractivity contribution in [3.8, 4) is 0 Å². The second-order valence-electron chi connectivity index (χ2n) is 9.03. The van der Waals surface area contributed by atoms with E-state index in [4.69, 9.17) is 5.11 Å². The number of unbranched alkanes of at least 4 members (excludes halogenated alkanes) is 18. The van der Waals surface area contributed by atoms with Crippen LogP contribution in [0.4, 0.5) is 0 Å². The van der Waals surface area contributed by atoms with Gasteiger partial charge in [-0.1, -0.05) is 129 Å². The lowest BCUT2D eigenvalue weighted by molar-refractivity contribution is -0.138. The topological polar surface area (TPSA) is 40.5 Å². The fourth-order valence-corrected chi connectivity index (χ4v) is 4.11. The summed E-state index contributed by atoms with van der Waals surface area (Å²) in [6.07, 6.45) is 26.7. The quantitative estimate of drug-likeness (QED) is 0.163. The van der Waals surface area contributed by atoms with Gasteiger partial charge in [0.15, 0.2) is 0 Å². The third-order valence-corrected chi connectivity index (χ3v) is 6.01. The summed E-state index contributed by atoms with van der Waals surface area (Å²) in [5.41, 5.74) is 0. The van der Waals surface area contributed by atoms with Crippen molar-refractivity contribution in [1.29, 1.82) is 0 Å². The summed E-state index contributed by atoms with van der Waals surface area (Å²) < 4.78 is 0. The molecule has 0 aliphatic rings. The third kappa shape index (κ3) is 23.6. The van der Waals surface area contributed by atoms with Crippen molar-refractivity contribution in [2.75, 3.05) is 19.6 Å². The fraction of sp³-hybridized carbons (Fsp3) is 0.962. The zero-order chi connectivity index (χ0) is 21.4. The molecule has 3 heteroatoms. The maximum Gasteiger partial charge on any atom is 0.317 e. The van der Waals surface area contributed by atoms with Crippen molar-refractivity contribution in [3.63, 3.8) is 0 Å². The summed E-state index contributed by atoms with van der Waals surface area (Å²) in [7, 11) is 0. The van der Waals surface area contributed by atoms with Gasteiger partial charge in [-0.25, -0.2) is 0 Å². The van der Waals surface area contributed by atoms with E-state index in [1.165, 1.54) is 116 Å². The maximum absolute atomic E-state index is 11.1. The lowest BCUT2D eigenvalue weighted by atomic mass is 10.1. The van der Waals surface area contributed by atoms with Crippen LogP contribution in [0.25, 0.3) is 0 Å². The van der Waals surface area contributed by atoms with E-state index in [1.807, 2.05) is 0 Å². The molecule has 0 rings (SSSR count). The van der Waals surface area contributed by atoms with Gasteiger partial charge < -0.3 is 5.11 Å². The Hall–Kier alpha value is -0.570. The first kappa shape index (κ1) is 28.4. The molecule has 0 aromatic heterocycles. The molecule has 0 fully saturated rings. The molecule has 0 saturated heterocycles. The lowest BCUT2D eigenvalue weighted by Crippen LogP contribution is -2.31. The Balaban J connectivity index is 3.56. The van der Waals surface area contributed by atoms with E-state index >= 15 is 0 Å². The Bertz CT molecular complexity index is 309. The summed E-state index contributed by atoms with van der Waals surface area (Å²) in [4.78, 5) is 13.3. The van der Waals surface area contributed by atoms with E-state index in [9.17, 15) is 4.79 Å². The van der Waals surface area contributed by atoms with Crippen LogP contribution in [-0.4, -0.2) is 35.6 Å². The largest absolute Gasteiger partial charge is 0.480 e. The Morgan fingerprint density at radius 3 is 1.07 bits per heavy atom. The average molecular weight is 412 g/mol. The van der Waals surface area contributed by atoms with Gasteiger partial charge in [-0.15, -0.1) is 0 Å². The third-order valence-electron chi connectivity index (χ3n) is 6.01. The second-order valence-corrected chi connectivity index (χ2v) is 9.03. The van der Waals surface area contributed by atoms with E-state index in [-0.39, 0.29) is 6.54 Å². The number of carboxylic acids is 1. The molecule has 0 aliphatic carbocycles. The molecule has 1 N–H and O–H groups in total. The number of aliphatic carboxylic acids is 1. The SMILES string of the molecule is CCCCCCCCCCCCN(CCCCCCCCCCCC)CC(=O)O. The van der Waals surface area contributed by atoms with Crippen molar-refractivity contribution in [2.45, 2.75) is 142 Å². The van der Waals surface area contributed by atoms with Crippen LogP contribution in [0, 0.1) is 0 Å². The summed E-state index contributed by atoms with van der Waals surface area (Å²) in [5, 5.41) is 9.16.